The van der Waals surface area contributed by atoms with Crippen molar-refractivity contribution in [1.29, 1.82) is 0 Å². The van der Waals surface area contributed by atoms with Crippen LogP contribution in [0.5, 0.6) is 11.5 Å². The molecular weight excluding hydrogens is 358 g/mol. The molecule has 0 aliphatic heterocycles. The zero-order valence-electron chi connectivity index (χ0n) is 14.8. The largest absolute Gasteiger partial charge is 0.507 e. The van der Waals surface area contributed by atoms with E-state index in [1.54, 1.807) is 31.2 Å². The molecule has 0 atom stereocenters. The van der Waals surface area contributed by atoms with Crippen LogP contribution in [0.15, 0.2) is 41.3 Å². The van der Waals surface area contributed by atoms with E-state index < -0.39 is 21.5 Å². The number of hydrogen-bond donors (Lipinski definition) is 2. The van der Waals surface area contributed by atoms with Gasteiger partial charge in [-0.1, -0.05) is 19.1 Å². The van der Waals surface area contributed by atoms with E-state index in [2.05, 4.69) is 0 Å². The molecule has 2 aromatic rings. The Kier molecular flexibility index (Phi) is 5.89. The van der Waals surface area contributed by atoms with Gasteiger partial charge in [-0.05, 0) is 42.3 Å². The number of nitrogens with zero attached hydrogens (tertiary/aromatic N) is 1. The molecule has 0 saturated heterocycles. The average Bonchev–Trinajstić information content (AvgIpc) is 2.60. The zero-order chi connectivity index (χ0) is 19.5. The number of phenolic OH excluding ortho intramolecular Hbond substituents is 1. The topological polar surface area (TPSA) is 104 Å². The molecule has 0 fully saturated rings. The summed E-state index contributed by atoms with van der Waals surface area (Å²) in [5, 5.41) is 20.5. The van der Waals surface area contributed by atoms with Gasteiger partial charge in [0.15, 0.2) is 9.84 Å². The van der Waals surface area contributed by atoms with E-state index in [0.29, 0.717) is 16.4 Å². The summed E-state index contributed by atoms with van der Waals surface area (Å²) in [5.41, 5.74) is 0.631. The Balaban J connectivity index is 2.46. The SMILES string of the molecule is CCC(=O)N(O)c1ccc(O)c(S(=O)(=O)Cc2ccc(OC)cc2)c1C. The second-order valence-electron chi connectivity index (χ2n) is 5.72. The molecular formula is C18H21NO6S. The van der Waals surface area contributed by atoms with Crippen LogP contribution >= 0.6 is 0 Å². The van der Waals surface area contributed by atoms with Crippen molar-refractivity contribution in [3.8, 4) is 11.5 Å². The molecule has 2 N–H and O–H groups in total. The third-order valence-electron chi connectivity index (χ3n) is 3.95. The first-order valence-corrected chi connectivity index (χ1v) is 9.56. The van der Waals surface area contributed by atoms with E-state index in [9.17, 15) is 23.5 Å². The molecule has 0 radical (unpaired) electrons. The number of rotatable bonds is 6. The number of carbonyl (C=O) groups is 1. The maximum absolute atomic E-state index is 12.8. The smallest absolute Gasteiger partial charge is 0.250 e. The van der Waals surface area contributed by atoms with Crippen molar-refractivity contribution in [2.24, 2.45) is 0 Å². The number of aromatic hydroxyl groups is 1. The average molecular weight is 379 g/mol. The lowest BCUT2D eigenvalue weighted by Gasteiger charge is -2.19. The van der Waals surface area contributed by atoms with Crippen LogP contribution in [0.1, 0.15) is 24.5 Å². The Morgan fingerprint density at radius 3 is 2.31 bits per heavy atom. The van der Waals surface area contributed by atoms with Gasteiger partial charge in [-0.25, -0.2) is 8.42 Å². The predicted octanol–water partition coefficient (Wildman–Crippen LogP) is 2.82. The summed E-state index contributed by atoms with van der Waals surface area (Å²) < 4.78 is 30.7. The number of methoxy groups -OCH3 is 1. The van der Waals surface area contributed by atoms with E-state index in [-0.39, 0.29) is 28.3 Å². The molecule has 2 aromatic carbocycles. The van der Waals surface area contributed by atoms with E-state index in [4.69, 9.17) is 4.74 Å². The number of hydroxylamine groups is 1. The number of carbonyl (C=O) groups excluding carboxylic acids is 1. The Morgan fingerprint density at radius 2 is 1.77 bits per heavy atom. The van der Waals surface area contributed by atoms with Crippen molar-refractivity contribution in [2.75, 3.05) is 12.2 Å². The third kappa shape index (κ3) is 3.97. The van der Waals surface area contributed by atoms with Gasteiger partial charge in [0.2, 0.25) is 5.91 Å². The van der Waals surface area contributed by atoms with Crippen LogP contribution in [0.2, 0.25) is 0 Å². The highest BCUT2D eigenvalue weighted by Crippen LogP contribution is 2.35. The lowest BCUT2D eigenvalue weighted by molar-refractivity contribution is -0.123. The predicted molar refractivity (Wildman–Crippen MR) is 96.3 cm³/mol. The summed E-state index contributed by atoms with van der Waals surface area (Å²) in [6.45, 7) is 3.00. The molecule has 0 unspecified atom stereocenters. The monoisotopic (exact) mass is 379 g/mol. The Morgan fingerprint density at radius 1 is 1.15 bits per heavy atom. The summed E-state index contributed by atoms with van der Waals surface area (Å²) in [6, 6.07) is 8.96. The first kappa shape index (κ1) is 19.7. The van der Waals surface area contributed by atoms with Crippen LogP contribution in [-0.2, 0) is 20.4 Å². The lowest BCUT2D eigenvalue weighted by atomic mass is 10.2. The number of benzene rings is 2. The summed E-state index contributed by atoms with van der Waals surface area (Å²) in [7, 11) is -2.41. The molecule has 0 bridgehead atoms. The third-order valence-corrected chi connectivity index (χ3v) is 5.80. The van der Waals surface area contributed by atoms with Gasteiger partial charge < -0.3 is 9.84 Å². The lowest BCUT2D eigenvalue weighted by Crippen LogP contribution is -2.27. The van der Waals surface area contributed by atoms with Crippen LogP contribution in [0.4, 0.5) is 5.69 Å². The first-order valence-electron chi connectivity index (χ1n) is 7.91. The fourth-order valence-corrected chi connectivity index (χ4v) is 4.32. The molecule has 0 aliphatic carbocycles. The molecule has 0 saturated carbocycles. The van der Waals surface area contributed by atoms with Crippen LogP contribution in [0.3, 0.4) is 0 Å². The maximum Gasteiger partial charge on any atom is 0.250 e. The van der Waals surface area contributed by atoms with E-state index in [1.807, 2.05) is 0 Å². The van der Waals surface area contributed by atoms with E-state index in [0.717, 1.165) is 6.07 Å². The van der Waals surface area contributed by atoms with Gasteiger partial charge in [-0.2, -0.15) is 5.06 Å². The molecule has 0 spiro atoms. The zero-order valence-corrected chi connectivity index (χ0v) is 15.6. The van der Waals surface area contributed by atoms with Gasteiger partial charge in [0.1, 0.15) is 16.4 Å². The highest BCUT2D eigenvalue weighted by atomic mass is 32.2. The second kappa shape index (κ2) is 7.76. The normalized spacial score (nSPS) is 11.2. The summed E-state index contributed by atoms with van der Waals surface area (Å²) in [4.78, 5) is 11.4. The molecule has 8 heteroatoms. The van der Waals surface area contributed by atoms with Gasteiger partial charge in [0.25, 0.3) is 0 Å². The summed E-state index contributed by atoms with van der Waals surface area (Å²) in [6.07, 6.45) is 0.0464. The molecule has 0 aliphatic rings. The van der Waals surface area contributed by atoms with Crippen molar-refractivity contribution < 1.29 is 28.3 Å². The number of amides is 1. The van der Waals surface area contributed by atoms with Gasteiger partial charge in [-0.15, -0.1) is 0 Å². The van der Waals surface area contributed by atoms with Gasteiger partial charge in [-0.3, -0.25) is 10.0 Å². The Hall–Kier alpha value is -2.58. The number of ether oxygens (including phenoxy) is 1. The van der Waals surface area contributed by atoms with Crippen molar-refractivity contribution in [1.82, 2.24) is 0 Å². The van der Waals surface area contributed by atoms with E-state index >= 15 is 0 Å². The van der Waals surface area contributed by atoms with Crippen LogP contribution in [0, 0.1) is 6.92 Å². The highest BCUT2D eigenvalue weighted by Gasteiger charge is 2.26. The minimum absolute atomic E-state index is 0.0166. The molecule has 0 heterocycles. The fourth-order valence-electron chi connectivity index (χ4n) is 2.59. The van der Waals surface area contributed by atoms with Crippen LogP contribution in [-0.4, -0.2) is 31.7 Å². The van der Waals surface area contributed by atoms with Crippen molar-refractivity contribution >= 4 is 21.4 Å². The molecule has 140 valence electrons. The van der Waals surface area contributed by atoms with Crippen LogP contribution < -0.4 is 9.80 Å². The highest BCUT2D eigenvalue weighted by molar-refractivity contribution is 7.90. The fraction of sp³-hybridized carbons (Fsp3) is 0.278. The number of phenols is 1. The number of hydrogen-bond acceptors (Lipinski definition) is 6. The minimum atomic E-state index is -3.92. The van der Waals surface area contributed by atoms with Gasteiger partial charge in [0, 0.05) is 6.42 Å². The summed E-state index contributed by atoms with van der Waals surface area (Å²) >= 11 is 0. The maximum atomic E-state index is 12.8. The Labute approximate surface area is 152 Å². The second-order valence-corrected chi connectivity index (χ2v) is 7.65. The first-order chi connectivity index (χ1) is 12.2. The van der Waals surface area contributed by atoms with Gasteiger partial charge >= 0.3 is 0 Å². The van der Waals surface area contributed by atoms with E-state index in [1.165, 1.54) is 20.1 Å². The van der Waals surface area contributed by atoms with Crippen molar-refractivity contribution in [2.45, 2.75) is 30.9 Å². The molecule has 0 aromatic heterocycles. The summed E-state index contributed by atoms with van der Waals surface area (Å²) in [5.74, 6) is -0.766. The molecule has 7 nitrogen and oxygen atoms in total. The number of sulfone groups is 1. The minimum Gasteiger partial charge on any atom is -0.507 e. The molecule has 2 rings (SSSR count). The quantitative estimate of drug-likeness (QED) is 0.591. The van der Waals surface area contributed by atoms with Gasteiger partial charge in [0.05, 0.1) is 18.6 Å². The molecule has 1 amide bonds. The molecule has 26 heavy (non-hydrogen) atoms. The van der Waals surface area contributed by atoms with Crippen LogP contribution in [0.25, 0.3) is 0 Å². The van der Waals surface area contributed by atoms with Crippen molar-refractivity contribution in [3.63, 3.8) is 0 Å². The standard InChI is InChI=1S/C18H21NO6S/c1-4-17(21)19(22)15-9-10-16(20)18(12(15)2)26(23,24)11-13-5-7-14(25-3)8-6-13/h5-10,20,22H,4,11H2,1-3H3. The Bertz CT molecular complexity index is 906. The number of anilines is 1. The van der Waals surface area contributed by atoms with Crippen molar-refractivity contribution in [3.05, 3.63) is 47.5 Å².